The van der Waals surface area contributed by atoms with Gasteiger partial charge in [0.2, 0.25) is 0 Å². The van der Waals surface area contributed by atoms with Crippen LogP contribution in [-0.4, -0.2) is 47.1 Å². The average molecular weight is 328 g/mol. The van der Waals surface area contributed by atoms with Crippen LogP contribution in [0.25, 0.3) is 0 Å². The van der Waals surface area contributed by atoms with Crippen molar-refractivity contribution in [2.24, 2.45) is 0 Å². The first-order chi connectivity index (χ1) is 11.5. The van der Waals surface area contributed by atoms with Crippen LogP contribution < -0.4 is 4.90 Å². The number of aromatic nitrogens is 2. The molecule has 6 nitrogen and oxygen atoms in total. The van der Waals surface area contributed by atoms with Gasteiger partial charge >= 0.3 is 0 Å². The molecule has 3 rings (SSSR count). The number of piperidine rings is 1. The molecule has 1 aliphatic rings. The second kappa shape index (κ2) is 6.63. The Bertz CT molecular complexity index is 721. The molecule has 0 N–H and O–H groups in total. The summed E-state index contributed by atoms with van der Waals surface area (Å²) in [6.07, 6.45) is 2.04. The fraction of sp³-hybridized carbons (Fsp3) is 0.500. The minimum atomic E-state index is -0.0182. The third kappa shape index (κ3) is 3.13. The van der Waals surface area contributed by atoms with Gasteiger partial charge in [-0.3, -0.25) is 4.79 Å². The van der Waals surface area contributed by atoms with Gasteiger partial charge in [-0.25, -0.2) is 4.98 Å². The van der Waals surface area contributed by atoms with E-state index in [1.807, 2.05) is 37.1 Å². The monoisotopic (exact) mass is 328 g/mol. The summed E-state index contributed by atoms with van der Waals surface area (Å²) in [5.74, 6) is 1.55. The number of nitrogens with zero attached hydrogens (tertiary/aromatic N) is 4. The van der Waals surface area contributed by atoms with Crippen molar-refractivity contribution >= 4 is 11.7 Å². The first kappa shape index (κ1) is 16.5. The van der Waals surface area contributed by atoms with E-state index in [4.69, 9.17) is 4.52 Å². The van der Waals surface area contributed by atoms with Crippen molar-refractivity contribution in [3.63, 3.8) is 0 Å². The van der Waals surface area contributed by atoms with Gasteiger partial charge in [-0.05, 0) is 45.7 Å². The first-order valence-corrected chi connectivity index (χ1v) is 8.36. The molecule has 0 aliphatic carbocycles. The number of pyridine rings is 1. The van der Waals surface area contributed by atoms with Gasteiger partial charge in [0.1, 0.15) is 17.1 Å². The molecule has 1 atom stereocenters. The average Bonchev–Trinajstić information content (AvgIpc) is 2.92. The molecule has 24 heavy (non-hydrogen) atoms. The molecule has 2 aromatic rings. The third-order valence-electron chi connectivity index (χ3n) is 4.71. The highest BCUT2D eigenvalue weighted by molar-refractivity contribution is 5.96. The van der Waals surface area contributed by atoms with Crippen molar-refractivity contribution in [1.29, 1.82) is 0 Å². The summed E-state index contributed by atoms with van der Waals surface area (Å²) in [5.41, 5.74) is 2.25. The summed E-state index contributed by atoms with van der Waals surface area (Å²) in [4.78, 5) is 21.5. The number of rotatable bonds is 3. The van der Waals surface area contributed by atoms with Gasteiger partial charge in [0.15, 0.2) is 0 Å². The Morgan fingerprint density at radius 1 is 1.33 bits per heavy atom. The standard InChI is InChI=1S/C18H24N4O2/c1-12-7-5-9-16(19-12)22-10-6-8-15(11-22)21(4)18(23)17-13(2)20-24-14(17)3/h5,7,9,15H,6,8,10-11H2,1-4H3/t15-/m0/s1. The molecule has 1 amide bonds. The van der Waals surface area contributed by atoms with Gasteiger partial charge in [0.05, 0.1) is 5.69 Å². The Hall–Kier alpha value is -2.37. The third-order valence-corrected chi connectivity index (χ3v) is 4.71. The SMILES string of the molecule is Cc1cccc(N2CCC[C@H](N(C)C(=O)c3c(C)noc3C)C2)n1. The predicted octanol–water partition coefficient (Wildman–Crippen LogP) is 2.74. The fourth-order valence-electron chi connectivity index (χ4n) is 3.31. The molecule has 6 heteroatoms. The summed E-state index contributed by atoms with van der Waals surface area (Å²) < 4.78 is 5.14. The fourth-order valence-corrected chi connectivity index (χ4v) is 3.31. The number of likely N-dealkylation sites (N-methyl/N-ethyl adjacent to an activating group) is 1. The smallest absolute Gasteiger partial charge is 0.259 e. The topological polar surface area (TPSA) is 62.5 Å². The molecule has 1 saturated heterocycles. The lowest BCUT2D eigenvalue weighted by Crippen LogP contribution is -2.49. The van der Waals surface area contributed by atoms with E-state index in [2.05, 4.69) is 15.0 Å². The Morgan fingerprint density at radius 3 is 2.79 bits per heavy atom. The highest BCUT2D eigenvalue weighted by atomic mass is 16.5. The summed E-state index contributed by atoms with van der Waals surface area (Å²) in [7, 11) is 1.87. The minimum absolute atomic E-state index is 0.0182. The summed E-state index contributed by atoms with van der Waals surface area (Å²) in [6.45, 7) is 7.35. The molecule has 0 saturated carbocycles. The van der Waals surface area contributed by atoms with E-state index in [-0.39, 0.29) is 11.9 Å². The minimum Gasteiger partial charge on any atom is -0.361 e. The molecule has 3 heterocycles. The van der Waals surface area contributed by atoms with Gasteiger partial charge < -0.3 is 14.3 Å². The lowest BCUT2D eigenvalue weighted by atomic mass is 10.0. The lowest BCUT2D eigenvalue weighted by molar-refractivity contribution is 0.0715. The van der Waals surface area contributed by atoms with E-state index in [0.717, 1.165) is 37.4 Å². The van der Waals surface area contributed by atoms with Crippen LogP contribution in [0.3, 0.4) is 0 Å². The quantitative estimate of drug-likeness (QED) is 0.867. The number of carbonyl (C=O) groups is 1. The van der Waals surface area contributed by atoms with Gasteiger partial charge in [0.25, 0.3) is 5.91 Å². The second-order valence-corrected chi connectivity index (χ2v) is 6.49. The van der Waals surface area contributed by atoms with E-state index in [0.29, 0.717) is 17.0 Å². The maximum atomic E-state index is 12.8. The molecule has 1 aliphatic heterocycles. The number of hydrogen-bond donors (Lipinski definition) is 0. The van der Waals surface area contributed by atoms with Gasteiger partial charge in [0, 0.05) is 31.9 Å². The number of amides is 1. The number of anilines is 1. The Kier molecular flexibility index (Phi) is 4.55. The van der Waals surface area contributed by atoms with Crippen molar-refractivity contribution in [3.05, 3.63) is 40.9 Å². The van der Waals surface area contributed by atoms with E-state index in [1.165, 1.54) is 0 Å². The largest absolute Gasteiger partial charge is 0.361 e. The van der Waals surface area contributed by atoms with Gasteiger partial charge in [-0.1, -0.05) is 11.2 Å². The predicted molar refractivity (Wildman–Crippen MR) is 92.3 cm³/mol. The van der Waals surface area contributed by atoms with Crippen molar-refractivity contribution in [2.45, 2.75) is 39.7 Å². The van der Waals surface area contributed by atoms with E-state index in [1.54, 1.807) is 13.8 Å². The molecule has 0 unspecified atom stereocenters. The molecule has 0 aromatic carbocycles. The van der Waals surface area contributed by atoms with Crippen molar-refractivity contribution in [2.75, 3.05) is 25.0 Å². The lowest BCUT2D eigenvalue weighted by Gasteiger charge is -2.38. The molecule has 0 radical (unpaired) electrons. The Morgan fingerprint density at radius 2 is 2.12 bits per heavy atom. The first-order valence-electron chi connectivity index (χ1n) is 8.36. The molecular formula is C18H24N4O2. The van der Waals surface area contributed by atoms with E-state index < -0.39 is 0 Å². The van der Waals surface area contributed by atoms with Crippen LogP contribution in [0, 0.1) is 20.8 Å². The van der Waals surface area contributed by atoms with Crippen LogP contribution >= 0.6 is 0 Å². The normalized spacial score (nSPS) is 17.8. The second-order valence-electron chi connectivity index (χ2n) is 6.49. The Labute approximate surface area is 142 Å². The summed E-state index contributed by atoms with van der Waals surface area (Å²) in [5, 5.41) is 3.89. The number of aryl methyl sites for hydroxylation is 3. The van der Waals surface area contributed by atoms with Crippen LogP contribution in [-0.2, 0) is 0 Å². The van der Waals surface area contributed by atoms with Crippen LogP contribution in [0.4, 0.5) is 5.82 Å². The van der Waals surface area contributed by atoms with Crippen molar-refractivity contribution in [3.8, 4) is 0 Å². The van der Waals surface area contributed by atoms with Crippen LogP contribution in [0.15, 0.2) is 22.7 Å². The maximum absolute atomic E-state index is 12.8. The Balaban J connectivity index is 1.76. The van der Waals surface area contributed by atoms with Crippen molar-refractivity contribution < 1.29 is 9.32 Å². The van der Waals surface area contributed by atoms with Gasteiger partial charge in [-0.15, -0.1) is 0 Å². The molecule has 2 aromatic heterocycles. The van der Waals surface area contributed by atoms with Crippen LogP contribution in [0.1, 0.15) is 40.3 Å². The summed E-state index contributed by atoms with van der Waals surface area (Å²) >= 11 is 0. The zero-order valence-corrected chi connectivity index (χ0v) is 14.7. The highest BCUT2D eigenvalue weighted by Crippen LogP contribution is 2.23. The molecule has 1 fully saturated rings. The number of carbonyl (C=O) groups excluding carboxylic acids is 1. The zero-order chi connectivity index (χ0) is 17.3. The molecule has 128 valence electrons. The highest BCUT2D eigenvalue weighted by Gasteiger charge is 2.30. The van der Waals surface area contributed by atoms with Crippen molar-refractivity contribution in [1.82, 2.24) is 15.0 Å². The summed E-state index contributed by atoms with van der Waals surface area (Å²) in [6, 6.07) is 6.21. The van der Waals surface area contributed by atoms with E-state index >= 15 is 0 Å². The molecule has 0 bridgehead atoms. The van der Waals surface area contributed by atoms with Gasteiger partial charge in [-0.2, -0.15) is 0 Å². The van der Waals surface area contributed by atoms with Crippen LogP contribution in [0.2, 0.25) is 0 Å². The van der Waals surface area contributed by atoms with E-state index in [9.17, 15) is 4.79 Å². The maximum Gasteiger partial charge on any atom is 0.259 e. The number of hydrogen-bond acceptors (Lipinski definition) is 5. The van der Waals surface area contributed by atoms with Crippen LogP contribution in [0.5, 0.6) is 0 Å². The molecule has 0 spiro atoms. The zero-order valence-electron chi connectivity index (χ0n) is 14.7. The molecular weight excluding hydrogens is 304 g/mol.